The number of amides is 3. The largest absolute Gasteiger partial charge is 0.481 e. The van der Waals surface area contributed by atoms with Gasteiger partial charge < -0.3 is 25.8 Å². The molecule has 116 valence electrons. The van der Waals surface area contributed by atoms with E-state index in [-0.39, 0.29) is 37.8 Å². The normalized spacial score (nSPS) is 11.5. The maximum absolute atomic E-state index is 11.4. The second kappa shape index (κ2) is 11.0. The molecule has 0 aromatic heterocycles. The summed E-state index contributed by atoms with van der Waals surface area (Å²) in [7, 11) is 1.55. The van der Waals surface area contributed by atoms with Crippen LogP contribution in [0.1, 0.15) is 19.8 Å². The third kappa shape index (κ3) is 11.3. The van der Waals surface area contributed by atoms with Gasteiger partial charge in [-0.25, -0.2) is 4.79 Å². The molecule has 1 unspecified atom stereocenters. The van der Waals surface area contributed by atoms with E-state index in [9.17, 15) is 14.4 Å². The molecule has 20 heavy (non-hydrogen) atoms. The fraction of sp³-hybridized carbons (Fsp3) is 0.750. The van der Waals surface area contributed by atoms with Crippen LogP contribution in [0.15, 0.2) is 0 Å². The molecule has 0 saturated heterocycles. The zero-order chi connectivity index (χ0) is 15.4. The number of hydrogen-bond donors (Lipinski definition) is 4. The molecular weight excluding hydrogens is 266 g/mol. The first-order valence-electron chi connectivity index (χ1n) is 6.44. The average molecular weight is 289 g/mol. The van der Waals surface area contributed by atoms with Gasteiger partial charge in [0.25, 0.3) is 0 Å². The first-order valence-corrected chi connectivity index (χ1v) is 6.44. The number of carboxylic acids is 1. The summed E-state index contributed by atoms with van der Waals surface area (Å²) in [6, 6.07) is -0.410. The number of carboxylic acid groups (broad SMARTS) is 1. The van der Waals surface area contributed by atoms with Crippen LogP contribution in [-0.2, 0) is 14.3 Å². The minimum absolute atomic E-state index is 0.00217. The minimum atomic E-state index is -0.896. The Kier molecular flexibility index (Phi) is 10.0. The lowest BCUT2D eigenvalue weighted by Crippen LogP contribution is -2.40. The van der Waals surface area contributed by atoms with Crippen LogP contribution in [0.5, 0.6) is 0 Å². The summed E-state index contributed by atoms with van der Waals surface area (Å²) in [6.45, 7) is 3.11. The van der Waals surface area contributed by atoms with Crippen molar-refractivity contribution in [3.05, 3.63) is 0 Å². The lowest BCUT2D eigenvalue weighted by Gasteiger charge is -2.11. The first kappa shape index (κ1) is 18.2. The van der Waals surface area contributed by atoms with Crippen molar-refractivity contribution in [2.45, 2.75) is 19.8 Å². The predicted molar refractivity (Wildman–Crippen MR) is 72.3 cm³/mol. The molecule has 8 heteroatoms. The molecule has 0 rings (SSSR count). The van der Waals surface area contributed by atoms with Crippen LogP contribution in [0.25, 0.3) is 0 Å². The van der Waals surface area contributed by atoms with Crippen molar-refractivity contribution in [1.29, 1.82) is 0 Å². The zero-order valence-corrected chi connectivity index (χ0v) is 11.9. The number of nitrogens with one attached hydrogen (secondary N) is 3. The molecule has 0 saturated carbocycles. The lowest BCUT2D eigenvalue weighted by molar-refractivity contribution is -0.137. The summed E-state index contributed by atoms with van der Waals surface area (Å²) in [5.41, 5.74) is 0. The van der Waals surface area contributed by atoms with E-state index in [0.717, 1.165) is 0 Å². The summed E-state index contributed by atoms with van der Waals surface area (Å²) >= 11 is 0. The highest BCUT2D eigenvalue weighted by Gasteiger charge is 2.09. The van der Waals surface area contributed by atoms with Gasteiger partial charge in [0, 0.05) is 39.6 Å². The van der Waals surface area contributed by atoms with Gasteiger partial charge in [-0.3, -0.25) is 9.59 Å². The summed E-state index contributed by atoms with van der Waals surface area (Å²) in [6.07, 6.45) is 0.185. The molecule has 0 radical (unpaired) electrons. The summed E-state index contributed by atoms with van der Waals surface area (Å²) in [4.78, 5) is 33.1. The molecule has 0 spiro atoms. The molecule has 3 amide bonds. The fourth-order valence-corrected chi connectivity index (χ4v) is 1.37. The highest BCUT2D eigenvalue weighted by Crippen LogP contribution is 1.98. The Hall–Kier alpha value is -1.83. The van der Waals surface area contributed by atoms with Crippen molar-refractivity contribution in [3.63, 3.8) is 0 Å². The standard InChI is InChI=1S/C12H23N3O5/c1-9(7-11(17)18)8-15-12(19)14-4-3-10(16)13-5-6-20-2/h9H,3-8H2,1-2H3,(H,13,16)(H,17,18)(H2,14,15,19). The summed E-state index contributed by atoms with van der Waals surface area (Å²) < 4.78 is 4.78. The van der Waals surface area contributed by atoms with E-state index in [1.54, 1.807) is 14.0 Å². The summed E-state index contributed by atoms with van der Waals surface area (Å²) in [5.74, 6) is -1.20. The van der Waals surface area contributed by atoms with Crippen molar-refractivity contribution in [2.24, 2.45) is 5.92 Å². The second-order valence-corrected chi connectivity index (χ2v) is 4.43. The topological polar surface area (TPSA) is 117 Å². The van der Waals surface area contributed by atoms with Gasteiger partial charge >= 0.3 is 12.0 Å². The van der Waals surface area contributed by atoms with E-state index >= 15 is 0 Å². The number of rotatable bonds is 10. The van der Waals surface area contributed by atoms with Crippen molar-refractivity contribution < 1.29 is 24.2 Å². The van der Waals surface area contributed by atoms with Crippen LogP contribution < -0.4 is 16.0 Å². The monoisotopic (exact) mass is 289 g/mol. The van der Waals surface area contributed by atoms with E-state index in [0.29, 0.717) is 13.2 Å². The Bertz CT molecular complexity index is 322. The van der Waals surface area contributed by atoms with Gasteiger partial charge in [0.15, 0.2) is 0 Å². The number of ether oxygens (including phenoxy) is 1. The molecule has 4 N–H and O–H groups in total. The number of carbonyl (C=O) groups excluding carboxylic acids is 2. The third-order valence-electron chi connectivity index (χ3n) is 2.40. The van der Waals surface area contributed by atoms with Crippen LogP contribution >= 0.6 is 0 Å². The van der Waals surface area contributed by atoms with Crippen molar-refractivity contribution in [2.75, 3.05) is 33.4 Å². The van der Waals surface area contributed by atoms with Crippen LogP contribution in [0, 0.1) is 5.92 Å². The maximum atomic E-state index is 11.4. The molecule has 0 aromatic carbocycles. The van der Waals surface area contributed by atoms with Crippen LogP contribution in [0.2, 0.25) is 0 Å². The summed E-state index contributed by atoms with van der Waals surface area (Å²) in [5, 5.41) is 16.3. The van der Waals surface area contributed by atoms with Crippen molar-refractivity contribution >= 4 is 17.9 Å². The Morgan fingerprint density at radius 2 is 1.85 bits per heavy atom. The van der Waals surface area contributed by atoms with Gasteiger partial charge in [-0.15, -0.1) is 0 Å². The van der Waals surface area contributed by atoms with Gasteiger partial charge in [-0.1, -0.05) is 6.92 Å². The second-order valence-electron chi connectivity index (χ2n) is 4.43. The predicted octanol–water partition coefficient (Wildman–Crippen LogP) is -0.451. The highest BCUT2D eigenvalue weighted by atomic mass is 16.5. The Balaban J connectivity index is 3.58. The lowest BCUT2D eigenvalue weighted by atomic mass is 10.1. The molecule has 0 aliphatic rings. The molecule has 0 aliphatic heterocycles. The quantitative estimate of drug-likeness (QED) is 0.406. The third-order valence-corrected chi connectivity index (χ3v) is 2.40. The zero-order valence-electron chi connectivity index (χ0n) is 11.9. The van der Waals surface area contributed by atoms with Crippen molar-refractivity contribution in [3.8, 4) is 0 Å². The Labute approximate surface area is 118 Å². The maximum Gasteiger partial charge on any atom is 0.314 e. The van der Waals surface area contributed by atoms with Gasteiger partial charge in [0.2, 0.25) is 5.91 Å². The van der Waals surface area contributed by atoms with Gasteiger partial charge in [-0.2, -0.15) is 0 Å². The average Bonchev–Trinajstić information content (AvgIpc) is 2.36. The first-order chi connectivity index (χ1) is 9.45. The van der Waals surface area contributed by atoms with Gasteiger partial charge in [0.05, 0.1) is 6.61 Å². The molecule has 0 bridgehead atoms. The van der Waals surface area contributed by atoms with Crippen LogP contribution in [0.3, 0.4) is 0 Å². The van der Waals surface area contributed by atoms with Crippen LogP contribution in [0.4, 0.5) is 4.79 Å². The van der Waals surface area contributed by atoms with E-state index in [1.807, 2.05) is 0 Å². The molecule has 0 aliphatic carbocycles. The van der Waals surface area contributed by atoms with E-state index in [1.165, 1.54) is 0 Å². The fourth-order valence-electron chi connectivity index (χ4n) is 1.37. The number of urea groups is 1. The smallest absolute Gasteiger partial charge is 0.314 e. The number of hydrogen-bond acceptors (Lipinski definition) is 4. The van der Waals surface area contributed by atoms with Crippen LogP contribution in [-0.4, -0.2) is 56.4 Å². The van der Waals surface area contributed by atoms with Gasteiger partial charge in [0.1, 0.15) is 0 Å². The molecule has 0 aromatic rings. The minimum Gasteiger partial charge on any atom is -0.481 e. The van der Waals surface area contributed by atoms with Gasteiger partial charge in [-0.05, 0) is 5.92 Å². The Morgan fingerprint density at radius 3 is 2.45 bits per heavy atom. The molecular formula is C12H23N3O5. The number of methoxy groups -OCH3 is 1. The molecule has 0 heterocycles. The SMILES string of the molecule is COCCNC(=O)CCNC(=O)NCC(C)CC(=O)O. The molecule has 1 atom stereocenters. The number of carbonyl (C=O) groups is 3. The molecule has 8 nitrogen and oxygen atoms in total. The van der Waals surface area contributed by atoms with E-state index in [2.05, 4.69) is 16.0 Å². The van der Waals surface area contributed by atoms with Crippen molar-refractivity contribution in [1.82, 2.24) is 16.0 Å². The number of aliphatic carboxylic acids is 1. The Morgan fingerprint density at radius 1 is 1.15 bits per heavy atom. The molecule has 0 fully saturated rings. The van der Waals surface area contributed by atoms with E-state index < -0.39 is 12.0 Å². The van der Waals surface area contributed by atoms with E-state index in [4.69, 9.17) is 9.84 Å². The highest BCUT2D eigenvalue weighted by molar-refractivity contribution is 5.78.